The molecule has 2 rings (SSSR count). The average Bonchev–Trinajstić information content (AvgIpc) is 2.78. The van der Waals surface area contributed by atoms with Gasteiger partial charge in [-0.3, -0.25) is 9.59 Å². The van der Waals surface area contributed by atoms with Gasteiger partial charge in [-0.25, -0.2) is 9.67 Å². The van der Waals surface area contributed by atoms with Gasteiger partial charge in [-0.1, -0.05) is 0 Å². The van der Waals surface area contributed by atoms with Crippen LogP contribution in [0.3, 0.4) is 0 Å². The lowest BCUT2D eigenvalue weighted by Crippen LogP contribution is -2.11. The summed E-state index contributed by atoms with van der Waals surface area (Å²) >= 11 is 0. The Labute approximate surface area is 122 Å². The van der Waals surface area contributed by atoms with Crippen LogP contribution in [-0.2, 0) is 9.53 Å². The summed E-state index contributed by atoms with van der Waals surface area (Å²) in [6.07, 6.45) is -0.241. The number of esters is 1. The van der Waals surface area contributed by atoms with E-state index in [1.165, 1.54) is 0 Å². The predicted molar refractivity (Wildman–Crippen MR) is 76.4 cm³/mol. The zero-order valence-corrected chi connectivity index (χ0v) is 12.3. The van der Waals surface area contributed by atoms with Crippen molar-refractivity contribution in [3.8, 4) is 5.69 Å². The molecule has 2 aromatic rings. The van der Waals surface area contributed by atoms with Crippen molar-refractivity contribution in [2.45, 2.75) is 27.2 Å². The minimum Gasteiger partial charge on any atom is -0.466 e. The number of Topliss-reactive ketones (excluding diaryl/α,β-unsaturated/α-hetero) is 1. The molecule has 0 unspecified atom stereocenters. The molecule has 0 saturated heterocycles. The molecule has 6 heteroatoms. The number of hydrogen-bond donors (Lipinski definition) is 0. The number of carbonyl (C=O) groups is 2. The molecule has 0 atom stereocenters. The van der Waals surface area contributed by atoms with Crippen molar-refractivity contribution in [3.05, 3.63) is 41.5 Å². The number of aryl methyl sites for hydroxylation is 2. The normalized spacial score (nSPS) is 10.4. The molecule has 21 heavy (non-hydrogen) atoms. The van der Waals surface area contributed by atoms with Crippen LogP contribution in [0.2, 0.25) is 0 Å². The molecule has 0 fully saturated rings. The van der Waals surface area contributed by atoms with E-state index in [4.69, 9.17) is 4.74 Å². The highest BCUT2D eigenvalue weighted by Gasteiger charge is 2.13. The zero-order chi connectivity index (χ0) is 15.4. The van der Waals surface area contributed by atoms with Gasteiger partial charge >= 0.3 is 5.97 Å². The largest absolute Gasteiger partial charge is 0.466 e. The third kappa shape index (κ3) is 3.53. The van der Waals surface area contributed by atoms with Crippen molar-refractivity contribution in [1.82, 2.24) is 14.8 Å². The van der Waals surface area contributed by atoms with E-state index >= 15 is 0 Å². The minimum absolute atomic E-state index is 0.241. The van der Waals surface area contributed by atoms with Gasteiger partial charge in [0.2, 0.25) is 0 Å². The summed E-state index contributed by atoms with van der Waals surface area (Å²) in [5, 5.41) is 4.27. The highest BCUT2D eigenvalue weighted by atomic mass is 16.5. The van der Waals surface area contributed by atoms with Crippen LogP contribution in [0.5, 0.6) is 0 Å². The number of carbonyl (C=O) groups excluding carboxylic acids is 2. The fraction of sp³-hybridized carbons (Fsp3) is 0.333. The van der Waals surface area contributed by atoms with Gasteiger partial charge in [0.1, 0.15) is 18.1 Å². The lowest BCUT2D eigenvalue weighted by molar-refractivity contribution is -0.141. The Morgan fingerprint density at radius 3 is 2.38 bits per heavy atom. The molecule has 0 aliphatic carbocycles. The monoisotopic (exact) mass is 287 g/mol. The van der Waals surface area contributed by atoms with Crippen LogP contribution < -0.4 is 0 Å². The molecule has 1 heterocycles. The maximum absolute atomic E-state index is 11.9. The number of aromatic nitrogens is 3. The van der Waals surface area contributed by atoms with Gasteiger partial charge in [-0.15, -0.1) is 0 Å². The summed E-state index contributed by atoms with van der Waals surface area (Å²) in [4.78, 5) is 27.4. The van der Waals surface area contributed by atoms with Crippen molar-refractivity contribution in [2.75, 3.05) is 6.61 Å². The molecule has 0 spiro atoms. The standard InChI is InChI=1S/C15H17N3O3/c1-4-21-15(20)9-14(19)12-5-7-13(8-6-12)18-11(3)16-10(2)17-18/h5-8H,4,9H2,1-3H3. The highest BCUT2D eigenvalue weighted by molar-refractivity contribution is 6.06. The van der Waals surface area contributed by atoms with E-state index < -0.39 is 5.97 Å². The topological polar surface area (TPSA) is 74.1 Å². The quantitative estimate of drug-likeness (QED) is 0.478. The predicted octanol–water partition coefficient (Wildman–Crippen LogP) is 2.02. The van der Waals surface area contributed by atoms with Crippen molar-refractivity contribution in [2.24, 2.45) is 0 Å². The molecule has 110 valence electrons. The van der Waals surface area contributed by atoms with Crippen molar-refractivity contribution in [1.29, 1.82) is 0 Å². The van der Waals surface area contributed by atoms with Crippen LogP contribution >= 0.6 is 0 Å². The molecule has 0 aliphatic rings. The Bertz CT molecular complexity index is 659. The lowest BCUT2D eigenvalue weighted by Gasteiger charge is -2.05. The second-order valence-electron chi connectivity index (χ2n) is 4.57. The number of ketones is 1. The fourth-order valence-corrected chi connectivity index (χ4v) is 2.00. The Balaban J connectivity index is 2.14. The fourth-order valence-electron chi connectivity index (χ4n) is 2.00. The van der Waals surface area contributed by atoms with Crippen molar-refractivity contribution >= 4 is 11.8 Å². The Morgan fingerprint density at radius 2 is 1.86 bits per heavy atom. The minimum atomic E-state index is -0.505. The number of benzene rings is 1. The smallest absolute Gasteiger partial charge is 0.313 e. The zero-order valence-electron chi connectivity index (χ0n) is 12.3. The Morgan fingerprint density at radius 1 is 1.19 bits per heavy atom. The summed E-state index contributed by atoms with van der Waals surface area (Å²) in [5.41, 5.74) is 1.29. The highest BCUT2D eigenvalue weighted by Crippen LogP contribution is 2.12. The molecule has 1 aromatic heterocycles. The van der Waals surface area contributed by atoms with Crippen LogP contribution in [0.25, 0.3) is 5.69 Å². The number of hydrogen-bond acceptors (Lipinski definition) is 5. The maximum Gasteiger partial charge on any atom is 0.313 e. The lowest BCUT2D eigenvalue weighted by atomic mass is 10.1. The average molecular weight is 287 g/mol. The van der Waals surface area contributed by atoms with Gasteiger partial charge in [-0.2, -0.15) is 5.10 Å². The third-order valence-corrected chi connectivity index (χ3v) is 2.92. The molecule has 6 nitrogen and oxygen atoms in total. The van der Waals surface area contributed by atoms with Gasteiger partial charge in [0.25, 0.3) is 0 Å². The van der Waals surface area contributed by atoms with Crippen LogP contribution in [-0.4, -0.2) is 33.1 Å². The van der Waals surface area contributed by atoms with Crippen LogP contribution in [0.1, 0.15) is 35.4 Å². The molecular weight excluding hydrogens is 270 g/mol. The first kappa shape index (κ1) is 14.9. The van der Waals surface area contributed by atoms with Crippen molar-refractivity contribution in [3.63, 3.8) is 0 Å². The summed E-state index contributed by atoms with van der Waals surface area (Å²) in [6, 6.07) is 6.90. The van der Waals surface area contributed by atoms with E-state index in [1.807, 2.05) is 13.8 Å². The van der Waals surface area contributed by atoms with Gasteiger partial charge < -0.3 is 4.74 Å². The number of rotatable bonds is 5. The molecule has 0 N–H and O–H groups in total. The van der Waals surface area contributed by atoms with Gasteiger partial charge in [-0.05, 0) is 45.0 Å². The Kier molecular flexibility index (Phi) is 4.47. The van der Waals surface area contributed by atoms with E-state index in [9.17, 15) is 9.59 Å². The van der Waals surface area contributed by atoms with Crippen LogP contribution in [0.15, 0.2) is 24.3 Å². The molecular formula is C15H17N3O3. The molecule has 0 saturated carbocycles. The summed E-state index contributed by atoms with van der Waals surface area (Å²) in [5.74, 6) is 0.703. The van der Waals surface area contributed by atoms with Gasteiger partial charge in [0.05, 0.1) is 12.3 Å². The van der Waals surface area contributed by atoms with Crippen molar-refractivity contribution < 1.29 is 14.3 Å². The first-order valence-corrected chi connectivity index (χ1v) is 6.70. The second kappa shape index (κ2) is 6.30. The summed E-state index contributed by atoms with van der Waals surface area (Å²) in [7, 11) is 0. The molecule has 0 aliphatic heterocycles. The first-order chi connectivity index (χ1) is 10.0. The third-order valence-electron chi connectivity index (χ3n) is 2.92. The maximum atomic E-state index is 11.9. The van der Waals surface area contributed by atoms with Crippen LogP contribution in [0, 0.1) is 13.8 Å². The molecule has 0 bridgehead atoms. The van der Waals surface area contributed by atoms with E-state index in [1.54, 1.807) is 35.9 Å². The Hall–Kier alpha value is -2.50. The second-order valence-corrected chi connectivity index (χ2v) is 4.57. The molecule has 0 amide bonds. The van der Waals surface area contributed by atoms with E-state index in [0.29, 0.717) is 11.4 Å². The SMILES string of the molecule is CCOC(=O)CC(=O)c1ccc(-n2nc(C)nc2C)cc1. The van der Waals surface area contributed by atoms with Crippen LogP contribution in [0.4, 0.5) is 0 Å². The first-order valence-electron chi connectivity index (χ1n) is 6.70. The van der Waals surface area contributed by atoms with E-state index in [0.717, 1.165) is 11.5 Å². The van der Waals surface area contributed by atoms with E-state index in [-0.39, 0.29) is 18.8 Å². The van der Waals surface area contributed by atoms with Gasteiger partial charge in [0, 0.05) is 5.56 Å². The number of nitrogens with zero attached hydrogens (tertiary/aromatic N) is 3. The summed E-state index contributed by atoms with van der Waals surface area (Å²) < 4.78 is 6.47. The molecule has 1 aromatic carbocycles. The van der Waals surface area contributed by atoms with Gasteiger partial charge in [0.15, 0.2) is 5.78 Å². The number of ether oxygens (including phenoxy) is 1. The van der Waals surface area contributed by atoms with E-state index in [2.05, 4.69) is 10.1 Å². The molecule has 0 radical (unpaired) electrons. The summed E-state index contributed by atoms with van der Waals surface area (Å²) in [6.45, 7) is 5.66.